The normalized spacial score (nSPS) is 20.6. The zero-order chi connectivity index (χ0) is 13.9. The SMILES string of the molecule is O=C(/C=C/c1ccc2c(c1)OCO2)NC1CCSC1=O. The van der Waals surface area contributed by atoms with Gasteiger partial charge < -0.3 is 14.8 Å². The van der Waals surface area contributed by atoms with Crippen molar-refractivity contribution in [2.24, 2.45) is 0 Å². The van der Waals surface area contributed by atoms with E-state index < -0.39 is 0 Å². The maximum absolute atomic E-state index is 11.7. The van der Waals surface area contributed by atoms with E-state index in [-0.39, 0.29) is 23.9 Å². The monoisotopic (exact) mass is 291 g/mol. The van der Waals surface area contributed by atoms with Gasteiger partial charge in [-0.25, -0.2) is 0 Å². The van der Waals surface area contributed by atoms with E-state index in [1.165, 1.54) is 17.8 Å². The van der Waals surface area contributed by atoms with Gasteiger partial charge in [0.15, 0.2) is 11.5 Å². The van der Waals surface area contributed by atoms with Crippen molar-refractivity contribution < 1.29 is 19.1 Å². The van der Waals surface area contributed by atoms with Gasteiger partial charge in [-0.15, -0.1) is 0 Å². The molecule has 0 bridgehead atoms. The zero-order valence-corrected chi connectivity index (χ0v) is 11.4. The largest absolute Gasteiger partial charge is 0.454 e. The Labute approximate surface area is 120 Å². The number of carbonyl (C=O) groups is 2. The lowest BCUT2D eigenvalue weighted by atomic mass is 10.2. The van der Waals surface area contributed by atoms with Crippen LogP contribution in [0.1, 0.15) is 12.0 Å². The van der Waals surface area contributed by atoms with Gasteiger partial charge in [0.05, 0.1) is 6.04 Å². The Bertz CT molecular complexity index is 585. The number of hydrogen-bond acceptors (Lipinski definition) is 5. The number of hydrogen-bond donors (Lipinski definition) is 1. The van der Waals surface area contributed by atoms with Gasteiger partial charge in [0, 0.05) is 11.8 Å². The van der Waals surface area contributed by atoms with Gasteiger partial charge >= 0.3 is 0 Å². The summed E-state index contributed by atoms with van der Waals surface area (Å²) in [5, 5.41) is 2.74. The molecule has 6 heteroatoms. The minimum Gasteiger partial charge on any atom is -0.454 e. The van der Waals surface area contributed by atoms with Crippen molar-refractivity contribution in [3.05, 3.63) is 29.8 Å². The molecule has 1 amide bonds. The second kappa shape index (κ2) is 5.58. The molecule has 2 heterocycles. The molecule has 0 saturated carbocycles. The average Bonchev–Trinajstić information content (AvgIpc) is 3.05. The number of amides is 1. The van der Waals surface area contributed by atoms with Gasteiger partial charge in [0.2, 0.25) is 17.8 Å². The molecular formula is C14H13NO4S. The number of thioether (sulfide) groups is 1. The number of fused-ring (bicyclic) bond motifs is 1. The van der Waals surface area contributed by atoms with Crippen molar-refractivity contribution in [3.63, 3.8) is 0 Å². The van der Waals surface area contributed by atoms with Crippen molar-refractivity contribution in [2.45, 2.75) is 12.5 Å². The lowest BCUT2D eigenvalue weighted by molar-refractivity contribution is -0.120. The summed E-state index contributed by atoms with van der Waals surface area (Å²) in [5.41, 5.74) is 0.844. The van der Waals surface area contributed by atoms with Gasteiger partial charge in [-0.2, -0.15) is 0 Å². The first-order valence-electron chi connectivity index (χ1n) is 6.27. The molecule has 0 radical (unpaired) electrons. The number of carbonyl (C=O) groups excluding carboxylic acids is 2. The highest BCUT2D eigenvalue weighted by molar-refractivity contribution is 8.14. The fourth-order valence-corrected chi connectivity index (χ4v) is 2.97. The van der Waals surface area contributed by atoms with Crippen LogP contribution in [0.15, 0.2) is 24.3 Å². The Hall–Kier alpha value is -1.95. The lowest BCUT2D eigenvalue weighted by Crippen LogP contribution is -2.35. The smallest absolute Gasteiger partial charge is 0.244 e. The van der Waals surface area contributed by atoms with Crippen LogP contribution < -0.4 is 14.8 Å². The molecule has 0 spiro atoms. The first kappa shape index (κ1) is 13.1. The van der Waals surface area contributed by atoms with E-state index in [1.807, 2.05) is 12.1 Å². The van der Waals surface area contributed by atoms with Crippen molar-refractivity contribution in [1.29, 1.82) is 0 Å². The molecule has 2 aliphatic heterocycles. The van der Waals surface area contributed by atoms with E-state index in [9.17, 15) is 9.59 Å². The Morgan fingerprint density at radius 1 is 1.35 bits per heavy atom. The highest BCUT2D eigenvalue weighted by Crippen LogP contribution is 2.32. The predicted octanol–water partition coefficient (Wildman–Crippen LogP) is 1.58. The Kier molecular flexibility index (Phi) is 3.64. The Morgan fingerprint density at radius 2 is 2.20 bits per heavy atom. The third-order valence-corrected chi connectivity index (χ3v) is 4.08. The molecule has 1 saturated heterocycles. The van der Waals surface area contributed by atoms with Gasteiger partial charge in [-0.1, -0.05) is 17.8 Å². The standard InChI is InChI=1S/C14H13NO4S/c16-13(15-10-5-6-20-14(10)17)4-2-9-1-3-11-12(7-9)19-8-18-11/h1-4,7,10H,5-6,8H2,(H,15,16)/b4-2+. The quantitative estimate of drug-likeness (QED) is 0.857. The summed E-state index contributed by atoms with van der Waals surface area (Å²) in [6.45, 7) is 0.227. The summed E-state index contributed by atoms with van der Waals surface area (Å²) in [5.74, 6) is 1.90. The van der Waals surface area contributed by atoms with E-state index in [0.29, 0.717) is 17.9 Å². The molecule has 0 aliphatic carbocycles. The van der Waals surface area contributed by atoms with Gasteiger partial charge in [0.1, 0.15) is 0 Å². The third-order valence-electron chi connectivity index (χ3n) is 3.08. The fourth-order valence-electron chi connectivity index (χ4n) is 2.04. The topological polar surface area (TPSA) is 64.6 Å². The molecule has 1 unspecified atom stereocenters. The highest BCUT2D eigenvalue weighted by atomic mass is 32.2. The molecule has 1 aromatic rings. The van der Waals surface area contributed by atoms with E-state index >= 15 is 0 Å². The van der Waals surface area contributed by atoms with Crippen LogP contribution in [0.5, 0.6) is 11.5 Å². The van der Waals surface area contributed by atoms with Gasteiger partial charge in [-0.3, -0.25) is 9.59 Å². The molecular weight excluding hydrogens is 278 g/mol. The summed E-state index contributed by atoms with van der Waals surface area (Å²) in [6.07, 6.45) is 3.81. The average molecular weight is 291 g/mol. The molecule has 0 aromatic heterocycles. The van der Waals surface area contributed by atoms with E-state index in [2.05, 4.69) is 5.32 Å². The Morgan fingerprint density at radius 3 is 3.00 bits per heavy atom. The Balaban J connectivity index is 1.62. The summed E-state index contributed by atoms with van der Waals surface area (Å²) >= 11 is 1.27. The van der Waals surface area contributed by atoms with Crippen LogP contribution >= 0.6 is 11.8 Å². The molecule has 3 rings (SSSR count). The summed E-state index contributed by atoms with van der Waals surface area (Å²) < 4.78 is 10.5. The van der Waals surface area contributed by atoms with Crippen molar-refractivity contribution >= 4 is 28.9 Å². The van der Waals surface area contributed by atoms with Gasteiger partial charge in [0.25, 0.3) is 0 Å². The molecule has 5 nitrogen and oxygen atoms in total. The van der Waals surface area contributed by atoms with Crippen molar-refractivity contribution in [3.8, 4) is 11.5 Å². The maximum Gasteiger partial charge on any atom is 0.244 e. The van der Waals surface area contributed by atoms with Crippen LogP contribution in [0.4, 0.5) is 0 Å². The molecule has 2 aliphatic rings. The summed E-state index contributed by atoms with van der Waals surface area (Å²) in [7, 11) is 0. The van der Waals surface area contributed by atoms with Gasteiger partial charge in [-0.05, 0) is 30.2 Å². The predicted molar refractivity (Wildman–Crippen MR) is 75.6 cm³/mol. The zero-order valence-electron chi connectivity index (χ0n) is 10.6. The van der Waals surface area contributed by atoms with Crippen molar-refractivity contribution in [2.75, 3.05) is 12.5 Å². The summed E-state index contributed by atoms with van der Waals surface area (Å²) in [6, 6.07) is 5.10. The number of nitrogens with one attached hydrogen (secondary N) is 1. The number of ether oxygens (including phenoxy) is 2. The first-order valence-corrected chi connectivity index (χ1v) is 7.26. The van der Waals surface area contributed by atoms with E-state index in [4.69, 9.17) is 9.47 Å². The van der Waals surface area contributed by atoms with Crippen LogP contribution in [0, 0.1) is 0 Å². The lowest BCUT2D eigenvalue weighted by Gasteiger charge is -2.07. The van der Waals surface area contributed by atoms with Crippen molar-refractivity contribution in [1.82, 2.24) is 5.32 Å². The van der Waals surface area contributed by atoms with Crippen LogP contribution in [-0.4, -0.2) is 29.6 Å². The first-order chi connectivity index (χ1) is 9.72. The molecule has 1 N–H and O–H groups in total. The molecule has 1 aromatic carbocycles. The minimum absolute atomic E-state index is 0.0369. The van der Waals surface area contributed by atoms with Crippen LogP contribution in [-0.2, 0) is 9.59 Å². The van der Waals surface area contributed by atoms with Crippen LogP contribution in [0.2, 0.25) is 0 Å². The number of rotatable bonds is 3. The summed E-state index contributed by atoms with van der Waals surface area (Å²) in [4.78, 5) is 23.1. The molecule has 1 atom stereocenters. The molecule has 1 fully saturated rings. The number of benzene rings is 1. The second-order valence-corrected chi connectivity index (χ2v) is 5.56. The minimum atomic E-state index is -0.353. The fraction of sp³-hybridized carbons (Fsp3) is 0.286. The highest BCUT2D eigenvalue weighted by Gasteiger charge is 2.25. The van der Waals surface area contributed by atoms with Crippen LogP contribution in [0.25, 0.3) is 6.08 Å². The second-order valence-electron chi connectivity index (χ2n) is 4.46. The van der Waals surface area contributed by atoms with Crippen LogP contribution in [0.3, 0.4) is 0 Å². The van der Waals surface area contributed by atoms with E-state index in [1.54, 1.807) is 12.1 Å². The maximum atomic E-state index is 11.7. The third kappa shape index (κ3) is 2.80. The van der Waals surface area contributed by atoms with E-state index in [0.717, 1.165) is 11.3 Å². The molecule has 104 valence electrons. The molecule has 20 heavy (non-hydrogen) atoms.